The van der Waals surface area contributed by atoms with Gasteiger partial charge in [0.1, 0.15) is 21.6 Å². The van der Waals surface area contributed by atoms with E-state index >= 15 is 0 Å². The quantitative estimate of drug-likeness (QED) is 0.0778. The Morgan fingerprint density at radius 1 is 1.05 bits per heavy atom. The van der Waals surface area contributed by atoms with E-state index in [4.69, 9.17) is 16.5 Å². The Morgan fingerprint density at radius 3 is 1.85 bits per heavy atom. The second-order valence-corrected chi connectivity index (χ2v) is 9.25. The molecule has 1 saturated heterocycles. The summed E-state index contributed by atoms with van der Waals surface area (Å²) in [5.74, 6) is -0.653. The first-order valence-corrected chi connectivity index (χ1v) is 12.8. The summed E-state index contributed by atoms with van der Waals surface area (Å²) in [6.07, 6.45) is 2.77. The molecule has 1 fully saturated rings. The summed E-state index contributed by atoms with van der Waals surface area (Å²) in [7, 11) is -8.52. The fourth-order valence-corrected chi connectivity index (χ4v) is 3.38. The third kappa shape index (κ3) is 27.7. The molecule has 0 bridgehead atoms. The summed E-state index contributed by atoms with van der Waals surface area (Å²) >= 11 is 0. The second-order valence-electron chi connectivity index (χ2n) is 6.14. The number of aldehydes is 2. The maximum absolute atomic E-state index is 10.4. The van der Waals surface area contributed by atoms with Gasteiger partial charge in [-0.25, -0.2) is 8.42 Å². The van der Waals surface area contributed by atoms with Crippen LogP contribution in [0.15, 0.2) is 48.5 Å². The van der Waals surface area contributed by atoms with Crippen LogP contribution in [0, 0.1) is 0 Å². The maximum atomic E-state index is 10.4. The molecule has 1 aliphatic heterocycles. The predicted octanol–water partition coefficient (Wildman–Crippen LogP) is -8.14. The van der Waals surface area contributed by atoms with Crippen molar-refractivity contribution in [3.63, 3.8) is 0 Å². The van der Waals surface area contributed by atoms with Crippen LogP contribution in [0.2, 0.25) is 0 Å². The van der Waals surface area contributed by atoms with E-state index in [1.54, 1.807) is 30.3 Å². The summed E-state index contributed by atoms with van der Waals surface area (Å²) in [4.78, 5) is 31.8. The number of hydrogen-bond acceptors (Lipinski definition) is 13. The Bertz CT molecular complexity index is 1170. The molecule has 0 radical (unpaired) electrons. The molecule has 3 rings (SSSR count). The van der Waals surface area contributed by atoms with Crippen LogP contribution in [0.3, 0.4) is 0 Å². The van der Waals surface area contributed by atoms with Crippen LogP contribution in [0.4, 0.5) is 4.39 Å². The van der Waals surface area contributed by atoms with Gasteiger partial charge < -0.3 is 26.0 Å². The van der Waals surface area contributed by atoms with Gasteiger partial charge in [0, 0.05) is 0 Å². The van der Waals surface area contributed by atoms with E-state index in [1.165, 1.54) is 18.2 Å². The summed E-state index contributed by atoms with van der Waals surface area (Å²) in [6, 6.07) is 12.4. The normalized spacial score (nSPS) is 12.3. The predicted molar refractivity (Wildman–Crippen MR) is 125 cm³/mol. The zero-order valence-electron chi connectivity index (χ0n) is 24.1. The number of alkyl halides is 1. The molecule has 0 atom stereocenters. The van der Waals surface area contributed by atoms with Crippen molar-refractivity contribution in [1.29, 1.82) is 0 Å². The van der Waals surface area contributed by atoms with Gasteiger partial charge in [-0.1, -0.05) is 24.3 Å². The van der Waals surface area contributed by atoms with Crippen molar-refractivity contribution in [2.24, 2.45) is 0 Å². The van der Waals surface area contributed by atoms with Crippen molar-refractivity contribution >= 4 is 39.3 Å². The van der Waals surface area contributed by atoms with Crippen molar-refractivity contribution < 1.29 is 156 Å². The minimum atomic E-state index is -4.44. The number of para-hydroxylation sites is 2. The van der Waals surface area contributed by atoms with Crippen LogP contribution >= 0.6 is 0 Å². The molecular formula is C21H26FNa3O13S2. The molecule has 1 N–H and O–H groups in total. The number of aromatic hydroxyl groups is 1. The number of ether oxygens (including phenoxy) is 1. The van der Waals surface area contributed by atoms with Gasteiger partial charge in [0.15, 0.2) is 18.5 Å². The zero-order valence-corrected chi connectivity index (χ0v) is 29.8. The number of hydrogen-bond donors (Lipinski definition) is 1. The first kappa shape index (κ1) is 46.5. The van der Waals surface area contributed by atoms with Crippen LogP contribution in [-0.4, -0.2) is 71.0 Å². The van der Waals surface area contributed by atoms with Crippen molar-refractivity contribution in [1.82, 2.24) is 0 Å². The average Bonchev–Trinajstić information content (AvgIpc) is 2.89. The van der Waals surface area contributed by atoms with Crippen LogP contribution in [-0.2, 0) is 34.1 Å². The van der Waals surface area contributed by atoms with Gasteiger partial charge in [-0.15, -0.1) is 0 Å². The Morgan fingerprint density at radius 2 is 1.52 bits per heavy atom. The third-order valence-electron chi connectivity index (χ3n) is 3.56. The van der Waals surface area contributed by atoms with Crippen LogP contribution < -0.4 is 98.7 Å². The number of benzene rings is 2. The summed E-state index contributed by atoms with van der Waals surface area (Å²) in [6.45, 7) is 0.197. The van der Waals surface area contributed by atoms with Crippen molar-refractivity contribution in [3.05, 3.63) is 59.7 Å². The van der Waals surface area contributed by atoms with Crippen molar-refractivity contribution in [2.75, 3.05) is 25.5 Å². The molecular weight excluding hydrogens is 612 g/mol. The second kappa shape index (κ2) is 30.0. The van der Waals surface area contributed by atoms with E-state index < -0.39 is 33.3 Å². The largest absolute Gasteiger partial charge is 1.00 e. The van der Waals surface area contributed by atoms with E-state index in [2.05, 4.69) is 13.8 Å². The van der Waals surface area contributed by atoms with Crippen molar-refractivity contribution in [2.45, 2.75) is 12.8 Å². The molecule has 210 valence electrons. The fourth-order valence-electron chi connectivity index (χ4n) is 2.06. The molecule has 13 nitrogen and oxygen atoms in total. The first-order valence-electron chi connectivity index (χ1n) is 10.4. The van der Waals surface area contributed by atoms with Gasteiger partial charge in [-0.05, 0) is 37.1 Å². The van der Waals surface area contributed by atoms with Crippen LogP contribution in [0.5, 0.6) is 11.5 Å². The van der Waals surface area contributed by atoms with Crippen LogP contribution in [0.25, 0.3) is 0 Å². The molecule has 40 heavy (non-hydrogen) atoms. The minimum absolute atomic E-state index is 0. The molecule has 1 heterocycles. The molecule has 2 aromatic carbocycles. The summed E-state index contributed by atoms with van der Waals surface area (Å²) < 4.78 is 76.2. The number of carbonyl (C=O) groups excluding carboxylic acids is 3. The molecule has 0 spiro atoms. The number of rotatable bonds is 6. The third-order valence-corrected chi connectivity index (χ3v) is 5.28. The van der Waals surface area contributed by atoms with Gasteiger partial charge in [0.05, 0.1) is 32.0 Å². The van der Waals surface area contributed by atoms with Gasteiger partial charge >= 0.3 is 88.7 Å². The SMILES string of the molecule is O=CO[O-].O=Cc1ccccc1O.O=Cc1ccccc1OCS(=O)(=O)[O-].O=S1(=O)CCCCO1.[2H]CF.[H-].[Na+].[Na+].[Na+]. The molecule has 1 aliphatic rings. The standard InChI is InChI=1S/C8H8O5S.C7H6O2.C4H8O3S.CH3F.CH2O3.3Na.H/c9-5-7-3-1-2-4-8(7)13-6-14(10,11)12;8-5-6-3-1-2-4-7(6)9;5-8(6)4-2-1-3-7-8;1-2;2-1-4-3;;;;/h1-5H,6H2,(H,10,11,12);1-5,9H;1-4H2;1H3;1,3H;;;;/q;;;;;3*+1;-1/p-2/i;;;1D;;;;;. The van der Waals surface area contributed by atoms with E-state index in [1.807, 2.05) is 0 Å². The molecule has 0 saturated carbocycles. The van der Waals surface area contributed by atoms with E-state index in [-0.39, 0.29) is 119 Å². The number of halogens is 1. The van der Waals surface area contributed by atoms with Gasteiger partial charge in [-0.3, -0.25) is 23.0 Å². The maximum Gasteiger partial charge on any atom is 1.00 e. The van der Waals surface area contributed by atoms with Crippen molar-refractivity contribution in [3.8, 4) is 11.5 Å². The van der Waals surface area contributed by atoms with Gasteiger partial charge in [-0.2, -0.15) is 8.42 Å². The Labute approximate surface area is 301 Å². The van der Waals surface area contributed by atoms with Gasteiger partial charge in [0.2, 0.25) is 0 Å². The molecule has 0 amide bonds. The minimum Gasteiger partial charge on any atom is -1.00 e. The number of phenols is 1. The number of carbonyl (C=O) groups is 3. The molecule has 0 unspecified atom stereocenters. The van der Waals surface area contributed by atoms with E-state index in [0.717, 1.165) is 12.8 Å². The Hall–Kier alpha value is -0.440. The van der Waals surface area contributed by atoms with E-state index in [9.17, 15) is 35.4 Å². The smallest absolute Gasteiger partial charge is 1.00 e. The Balaban J connectivity index is -0.000000102. The fraction of sp³-hybridized carbons (Fsp3) is 0.286. The average molecular weight is 640 g/mol. The molecule has 19 heteroatoms. The Kier molecular flexibility index (Phi) is 34.9. The summed E-state index contributed by atoms with van der Waals surface area (Å²) in [5.41, 5.74) is 0.536. The molecule has 0 aliphatic carbocycles. The monoisotopic (exact) mass is 639 g/mol. The topological polar surface area (TPSA) is 214 Å². The van der Waals surface area contributed by atoms with Gasteiger partial charge in [0.25, 0.3) is 16.6 Å². The number of phenolic OH excluding ortho intramolecular Hbond substituents is 1. The zero-order chi connectivity index (χ0) is 29.5. The molecule has 2 aromatic rings. The summed E-state index contributed by atoms with van der Waals surface area (Å²) in [5, 5.41) is 17.3. The molecule has 0 aromatic heterocycles. The first-order chi connectivity index (χ1) is 17.9. The van der Waals surface area contributed by atoms with Crippen LogP contribution in [0.1, 0.15) is 36.4 Å². The van der Waals surface area contributed by atoms with E-state index in [0.29, 0.717) is 24.7 Å².